The number of ether oxygens (including phenoxy) is 1. The molecule has 5 rings (SSSR count). The van der Waals surface area contributed by atoms with E-state index in [1.54, 1.807) is 0 Å². The van der Waals surface area contributed by atoms with Gasteiger partial charge in [-0.25, -0.2) is 0 Å². The van der Waals surface area contributed by atoms with E-state index in [0.717, 1.165) is 12.3 Å². The molecule has 0 aromatic heterocycles. The topological polar surface area (TPSA) is 42.0 Å². The molecule has 0 spiro atoms. The van der Waals surface area contributed by atoms with Crippen LogP contribution in [0.4, 0.5) is 0 Å². The third-order valence-electron chi connectivity index (χ3n) is 11.7. The minimum Gasteiger partial charge on any atom is -0.411 e. The van der Waals surface area contributed by atoms with Gasteiger partial charge in [-0.1, -0.05) is 53.2 Å². The SMILES string of the molecule is C[C@H](CCl)[C@H]1CC[C@H]2[C@@H]3C(O)C=C4C[C@@H](O[Si](C)(C)C(C)(C)C)[C@@H]5O[C@@H]5[C@]4(C)[C@H]3CC[C@]12C. The van der Waals surface area contributed by atoms with Gasteiger partial charge in [0.2, 0.25) is 0 Å². The molecule has 3 nitrogen and oxygen atoms in total. The molecule has 1 heterocycles. The third kappa shape index (κ3) is 3.51. The number of aliphatic hydroxyl groups excluding tert-OH is 1. The average Bonchev–Trinajstić information content (AvgIpc) is 3.45. The lowest BCUT2D eigenvalue weighted by Crippen LogP contribution is -2.58. The maximum atomic E-state index is 11.6. The molecule has 0 aromatic rings. The lowest BCUT2D eigenvalue weighted by atomic mass is 9.46. The Morgan fingerprint density at radius 2 is 1.91 bits per heavy atom. The first kappa shape index (κ1) is 24.8. The summed E-state index contributed by atoms with van der Waals surface area (Å²) in [6.45, 7) is 18.9. The first-order valence-electron chi connectivity index (χ1n) is 13.5. The van der Waals surface area contributed by atoms with E-state index in [2.05, 4.69) is 60.7 Å². The van der Waals surface area contributed by atoms with Crippen LogP contribution in [0.15, 0.2) is 11.6 Å². The number of alkyl halides is 1. The van der Waals surface area contributed by atoms with Crippen LogP contribution >= 0.6 is 11.6 Å². The zero-order valence-corrected chi connectivity index (χ0v) is 23.9. The van der Waals surface area contributed by atoms with E-state index in [4.69, 9.17) is 20.8 Å². The Labute approximate surface area is 208 Å². The zero-order valence-electron chi connectivity index (χ0n) is 22.2. The van der Waals surface area contributed by atoms with E-state index in [0.29, 0.717) is 35.0 Å². The normalized spacial score (nSPS) is 49.9. The highest BCUT2D eigenvalue weighted by atomic mass is 35.5. The second kappa shape index (κ2) is 7.81. The predicted octanol–water partition coefficient (Wildman–Crippen LogP) is 6.79. The van der Waals surface area contributed by atoms with E-state index in [-0.39, 0.29) is 34.9 Å². The molecule has 4 aliphatic carbocycles. The fourth-order valence-corrected chi connectivity index (χ4v) is 10.3. The van der Waals surface area contributed by atoms with Gasteiger partial charge in [0.25, 0.3) is 0 Å². The van der Waals surface area contributed by atoms with Gasteiger partial charge in [0, 0.05) is 11.3 Å². The van der Waals surface area contributed by atoms with Crippen molar-refractivity contribution < 1.29 is 14.3 Å². The molecular formula is C28H47ClO3Si. The van der Waals surface area contributed by atoms with Crippen molar-refractivity contribution in [1.82, 2.24) is 0 Å². The largest absolute Gasteiger partial charge is 0.411 e. The quantitative estimate of drug-likeness (QED) is 0.202. The van der Waals surface area contributed by atoms with Crippen molar-refractivity contribution in [3.05, 3.63) is 11.6 Å². The van der Waals surface area contributed by atoms with E-state index in [1.807, 2.05) is 0 Å². The Hall–Kier alpha value is 0.127. The predicted molar refractivity (Wildman–Crippen MR) is 138 cm³/mol. The van der Waals surface area contributed by atoms with Gasteiger partial charge in [-0.2, -0.15) is 0 Å². The maximum Gasteiger partial charge on any atom is 0.192 e. The molecule has 0 bridgehead atoms. The van der Waals surface area contributed by atoms with E-state index in [9.17, 15) is 5.11 Å². The number of fused-ring (bicyclic) bond motifs is 7. The van der Waals surface area contributed by atoms with E-state index < -0.39 is 8.32 Å². The molecule has 1 unspecified atom stereocenters. The Bertz CT molecular complexity index is 820. The monoisotopic (exact) mass is 494 g/mol. The molecule has 188 valence electrons. The molecular weight excluding hydrogens is 448 g/mol. The molecule has 0 aromatic carbocycles. The number of hydrogen-bond acceptors (Lipinski definition) is 3. The minimum atomic E-state index is -1.87. The number of rotatable bonds is 4. The number of hydrogen-bond donors (Lipinski definition) is 1. The standard InChI is InChI=1S/C28H47ClO3Si/c1-16(15-29)18-9-10-19-23-20(11-12-27(18,19)5)28(6)17(13-21(23)30)14-22(24-25(28)31-24)32-33(7,8)26(2,3)4/h13,16,18-25,30H,9-12,14-15H2,1-8H3/t16-,18-,19+,20+,21?,22-,23+,24+,25+,27-,28+/m1/s1. The van der Waals surface area contributed by atoms with Crippen LogP contribution in [-0.2, 0) is 9.16 Å². The van der Waals surface area contributed by atoms with Crippen LogP contribution in [0.3, 0.4) is 0 Å². The van der Waals surface area contributed by atoms with Gasteiger partial charge in [0.1, 0.15) is 6.10 Å². The van der Waals surface area contributed by atoms with Gasteiger partial charge in [-0.05, 0) is 85.2 Å². The molecule has 1 saturated heterocycles. The smallest absolute Gasteiger partial charge is 0.192 e. The summed E-state index contributed by atoms with van der Waals surface area (Å²) >= 11 is 6.33. The lowest BCUT2D eigenvalue weighted by molar-refractivity contribution is -0.0940. The van der Waals surface area contributed by atoms with Crippen molar-refractivity contribution in [2.75, 3.05) is 5.88 Å². The molecule has 11 atom stereocenters. The average molecular weight is 495 g/mol. The van der Waals surface area contributed by atoms with Crippen LogP contribution in [0, 0.1) is 40.4 Å². The summed E-state index contributed by atoms with van der Waals surface area (Å²) in [5.41, 5.74) is 1.79. The minimum absolute atomic E-state index is 0.0549. The highest BCUT2D eigenvalue weighted by Crippen LogP contribution is 2.69. The number of aliphatic hydroxyl groups is 1. The van der Waals surface area contributed by atoms with Gasteiger partial charge >= 0.3 is 0 Å². The summed E-state index contributed by atoms with van der Waals surface area (Å²) in [5, 5.41) is 11.8. The van der Waals surface area contributed by atoms with Crippen molar-refractivity contribution in [2.45, 2.75) is 116 Å². The first-order chi connectivity index (χ1) is 15.3. The fraction of sp³-hybridized carbons (Fsp3) is 0.929. The Kier molecular flexibility index (Phi) is 5.87. The molecule has 1 aliphatic heterocycles. The van der Waals surface area contributed by atoms with Crippen molar-refractivity contribution in [2.24, 2.45) is 40.4 Å². The Morgan fingerprint density at radius 3 is 2.55 bits per heavy atom. The summed E-state index contributed by atoms with van der Waals surface area (Å²) in [6, 6.07) is 0. The number of halogens is 1. The van der Waals surface area contributed by atoms with Gasteiger partial charge in [0.15, 0.2) is 8.32 Å². The highest BCUT2D eigenvalue weighted by Gasteiger charge is 2.69. The zero-order chi connectivity index (χ0) is 24.1. The second-order valence-corrected chi connectivity index (χ2v) is 19.3. The maximum absolute atomic E-state index is 11.6. The molecule has 5 heteroatoms. The molecule has 3 saturated carbocycles. The summed E-state index contributed by atoms with van der Waals surface area (Å²) in [6.07, 6.45) is 8.47. The van der Waals surface area contributed by atoms with Gasteiger partial charge in [0.05, 0.1) is 18.3 Å². The van der Waals surface area contributed by atoms with E-state index in [1.165, 1.54) is 31.3 Å². The van der Waals surface area contributed by atoms with Gasteiger partial charge < -0.3 is 14.3 Å². The van der Waals surface area contributed by atoms with Crippen molar-refractivity contribution in [1.29, 1.82) is 0 Å². The first-order valence-corrected chi connectivity index (χ1v) is 17.0. The van der Waals surface area contributed by atoms with Crippen molar-refractivity contribution in [3.8, 4) is 0 Å². The lowest BCUT2D eigenvalue weighted by Gasteiger charge is -2.59. The summed E-state index contributed by atoms with van der Waals surface area (Å²) in [7, 11) is -1.87. The van der Waals surface area contributed by atoms with Crippen LogP contribution in [0.25, 0.3) is 0 Å². The Balaban J connectivity index is 1.43. The highest BCUT2D eigenvalue weighted by molar-refractivity contribution is 6.74. The molecule has 33 heavy (non-hydrogen) atoms. The summed E-state index contributed by atoms with van der Waals surface area (Å²) in [4.78, 5) is 0. The van der Waals surface area contributed by atoms with E-state index >= 15 is 0 Å². The molecule has 4 fully saturated rings. The van der Waals surface area contributed by atoms with Crippen LogP contribution in [0.1, 0.15) is 73.6 Å². The number of epoxide rings is 1. The molecule has 0 radical (unpaired) electrons. The molecule has 5 aliphatic rings. The van der Waals surface area contributed by atoms with Crippen LogP contribution in [-0.4, -0.2) is 43.7 Å². The van der Waals surface area contributed by atoms with Gasteiger partial charge in [-0.15, -0.1) is 11.6 Å². The second-order valence-electron chi connectivity index (χ2n) is 14.3. The molecule has 0 amide bonds. The fourth-order valence-electron chi connectivity index (χ4n) is 8.76. The summed E-state index contributed by atoms with van der Waals surface area (Å²) in [5.74, 6) is 3.45. The third-order valence-corrected chi connectivity index (χ3v) is 16.7. The van der Waals surface area contributed by atoms with Crippen molar-refractivity contribution in [3.63, 3.8) is 0 Å². The molecule has 1 N–H and O–H groups in total. The summed E-state index contributed by atoms with van der Waals surface area (Å²) < 4.78 is 13.4. The van der Waals surface area contributed by atoms with Crippen LogP contribution in [0.5, 0.6) is 0 Å². The van der Waals surface area contributed by atoms with Crippen molar-refractivity contribution >= 4 is 19.9 Å². The van der Waals surface area contributed by atoms with Crippen LogP contribution in [0.2, 0.25) is 18.1 Å². The van der Waals surface area contributed by atoms with Crippen LogP contribution < -0.4 is 0 Å². The Morgan fingerprint density at radius 1 is 1.21 bits per heavy atom. The van der Waals surface area contributed by atoms with Gasteiger partial charge in [-0.3, -0.25) is 0 Å².